The van der Waals surface area contributed by atoms with E-state index in [1.807, 2.05) is 0 Å². The molecule has 2 N–H and O–H groups in total. The summed E-state index contributed by atoms with van der Waals surface area (Å²) in [5.41, 5.74) is 0. The molecule has 0 aliphatic carbocycles. The molecule has 0 saturated carbocycles. The standard InChI is InChI=1S/C7H2F15NO/c8-1(9,2(10,11)4(14,15)6(18,19)24)3(12,13)5(16,17)23-7(20,21)22/h23-24H. The molecule has 0 aromatic heterocycles. The van der Waals surface area contributed by atoms with Crippen LogP contribution >= 0.6 is 0 Å². The molecule has 0 aliphatic heterocycles. The summed E-state index contributed by atoms with van der Waals surface area (Å²) in [7, 11) is 0. The van der Waals surface area contributed by atoms with Gasteiger partial charge in [0.15, 0.2) is 0 Å². The maximum atomic E-state index is 12.8. The number of rotatable bonds is 6. The van der Waals surface area contributed by atoms with Crippen LogP contribution in [0.4, 0.5) is 65.9 Å². The predicted molar refractivity (Wildman–Crippen MR) is 41.1 cm³/mol. The second kappa shape index (κ2) is 5.43. The number of alkyl halides is 15. The normalized spacial score (nSPS) is 16.5. The second-order valence-corrected chi connectivity index (χ2v) is 4.04. The molecule has 146 valence electrons. The fourth-order valence-electron chi connectivity index (χ4n) is 1.04. The lowest BCUT2D eigenvalue weighted by molar-refractivity contribution is -0.456. The fourth-order valence-corrected chi connectivity index (χ4v) is 1.04. The van der Waals surface area contributed by atoms with Gasteiger partial charge >= 0.3 is 42.1 Å². The molecule has 24 heavy (non-hydrogen) atoms. The Kier molecular flexibility index (Phi) is 5.18. The van der Waals surface area contributed by atoms with Gasteiger partial charge in [0.2, 0.25) is 0 Å². The molecule has 0 rings (SSSR count). The first kappa shape index (κ1) is 22.9. The van der Waals surface area contributed by atoms with Gasteiger partial charge in [-0.3, -0.25) is 0 Å². The van der Waals surface area contributed by atoms with Crippen molar-refractivity contribution >= 4 is 0 Å². The maximum Gasteiger partial charge on any atom is 0.462 e. The van der Waals surface area contributed by atoms with Crippen molar-refractivity contribution in [3.63, 3.8) is 0 Å². The molecule has 0 radical (unpaired) electrons. The molecule has 0 aliphatic rings. The molecule has 0 unspecified atom stereocenters. The molecule has 0 bridgehead atoms. The van der Waals surface area contributed by atoms with Crippen LogP contribution in [0.25, 0.3) is 0 Å². The Morgan fingerprint density at radius 1 is 0.458 bits per heavy atom. The first-order valence-electron chi connectivity index (χ1n) is 4.81. The Morgan fingerprint density at radius 2 is 0.750 bits per heavy atom. The molecule has 0 fully saturated rings. The number of hydrogen-bond acceptors (Lipinski definition) is 2. The van der Waals surface area contributed by atoms with Gasteiger partial charge in [-0.05, 0) is 0 Å². The molecule has 0 amide bonds. The molecular weight excluding hydrogens is 399 g/mol. The van der Waals surface area contributed by atoms with E-state index in [2.05, 4.69) is 0 Å². The molecule has 0 heterocycles. The second-order valence-electron chi connectivity index (χ2n) is 4.04. The van der Waals surface area contributed by atoms with E-state index in [9.17, 15) is 65.9 Å². The van der Waals surface area contributed by atoms with Crippen LogP contribution in [0, 0.1) is 0 Å². The van der Waals surface area contributed by atoms with Crippen molar-refractivity contribution in [3.8, 4) is 0 Å². The largest absolute Gasteiger partial charge is 0.462 e. The van der Waals surface area contributed by atoms with Gasteiger partial charge in [0.05, 0.1) is 0 Å². The first-order valence-corrected chi connectivity index (χ1v) is 4.81. The van der Waals surface area contributed by atoms with E-state index in [0.717, 1.165) is 0 Å². The summed E-state index contributed by atoms with van der Waals surface area (Å²) in [4.78, 5) is 0. The van der Waals surface area contributed by atoms with Crippen LogP contribution in [-0.2, 0) is 0 Å². The maximum absolute atomic E-state index is 12.8. The van der Waals surface area contributed by atoms with E-state index in [-0.39, 0.29) is 0 Å². The van der Waals surface area contributed by atoms with Crippen molar-refractivity contribution in [2.24, 2.45) is 0 Å². The van der Waals surface area contributed by atoms with E-state index >= 15 is 0 Å². The topological polar surface area (TPSA) is 32.3 Å². The highest BCUT2D eigenvalue weighted by atomic mass is 19.4. The Hall–Kier alpha value is -1.13. The highest BCUT2D eigenvalue weighted by molar-refractivity contribution is 5.09. The lowest BCUT2D eigenvalue weighted by atomic mass is 9.96. The third-order valence-electron chi connectivity index (χ3n) is 2.25. The summed E-state index contributed by atoms with van der Waals surface area (Å²) >= 11 is 0. The third kappa shape index (κ3) is 3.31. The van der Waals surface area contributed by atoms with Gasteiger partial charge in [0.1, 0.15) is 0 Å². The molecule has 17 heteroatoms. The molecule has 0 atom stereocenters. The average Bonchev–Trinajstić information content (AvgIpc) is 2.22. The number of halogens is 15. The van der Waals surface area contributed by atoms with Crippen LogP contribution in [0.2, 0.25) is 0 Å². The van der Waals surface area contributed by atoms with Crippen molar-refractivity contribution in [1.82, 2.24) is 5.32 Å². The van der Waals surface area contributed by atoms with E-state index < -0.39 is 47.5 Å². The third-order valence-corrected chi connectivity index (χ3v) is 2.25. The smallest absolute Gasteiger partial charge is 0.331 e. The van der Waals surface area contributed by atoms with Crippen molar-refractivity contribution in [3.05, 3.63) is 0 Å². The molecular formula is C7H2F15NO. The van der Waals surface area contributed by atoms with Gasteiger partial charge in [0, 0.05) is 0 Å². The SMILES string of the molecule is OC(F)(F)C(F)(F)C(F)(F)C(F)(F)C(F)(F)C(F)(F)NC(F)(F)F. The van der Waals surface area contributed by atoms with Gasteiger partial charge < -0.3 is 5.11 Å². The quantitative estimate of drug-likeness (QED) is 0.524. The Balaban J connectivity index is 6.21. The summed E-state index contributed by atoms with van der Waals surface area (Å²) in [5, 5.41) is 5.89. The van der Waals surface area contributed by atoms with Crippen molar-refractivity contribution in [1.29, 1.82) is 0 Å². The van der Waals surface area contributed by atoms with Gasteiger partial charge in [-0.1, -0.05) is 0 Å². The van der Waals surface area contributed by atoms with E-state index in [4.69, 9.17) is 5.11 Å². The van der Waals surface area contributed by atoms with E-state index in [0.29, 0.717) is 0 Å². The number of nitrogens with one attached hydrogen (secondary N) is 1. The van der Waals surface area contributed by atoms with Crippen LogP contribution in [-0.4, -0.2) is 47.3 Å². The number of aliphatic hydroxyl groups is 1. The zero-order valence-electron chi connectivity index (χ0n) is 10.1. The minimum absolute atomic E-state index is 1.49. The van der Waals surface area contributed by atoms with Crippen LogP contribution in [0.15, 0.2) is 0 Å². The molecule has 0 saturated heterocycles. The lowest BCUT2D eigenvalue weighted by Crippen LogP contribution is -2.73. The Morgan fingerprint density at radius 3 is 1.00 bits per heavy atom. The Labute approximate surface area is 120 Å². The summed E-state index contributed by atoms with van der Waals surface area (Å²) in [6.45, 7) is 0. The molecule has 0 spiro atoms. The van der Waals surface area contributed by atoms with Crippen molar-refractivity contribution < 1.29 is 71.0 Å². The first-order chi connectivity index (χ1) is 9.96. The van der Waals surface area contributed by atoms with Crippen LogP contribution in [0.5, 0.6) is 0 Å². The summed E-state index contributed by atoms with van der Waals surface area (Å²) in [6.07, 6.45) is -13.7. The highest BCUT2D eigenvalue weighted by Gasteiger charge is 2.90. The van der Waals surface area contributed by atoms with Gasteiger partial charge in [-0.25, -0.2) is 0 Å². The Bertz CT molecular complexity index is 459. The molecule has 0 aromatic carbocycles. The molecule has 0 aromatic rings. The van der Waals surface area contributed by atoms with E-state index in [1.165, 1.54) is 0 Å². The monoisotopic (exact) mass is 401 g/mol. The van der Waals surface area contributed by atoms with Crippen molar-refractivity contribution in [2.75, 3.05) is 0 Å². The van der Waals surface area contributed by atoms with Crippen LogP contribution in [0.1, 0.15) is 0 Å². The number of hydrogen-bond donors (Lipinski definition) is 2. The van der Waals surface area contributed by atoms with Gasteiger partial charge in [-0.2, -0.15) is 71.2 Å². The summed E-state index contributed by atoms with van der Waals surface area (Å²) in [5.74, 6) is -32.0. The zero-order valence-corrected chi connectivity index (χ0v) is 10.1. The minimum atomic E-state index is -8.18. The minimum Gasteiger partial charge on any atom is -0.331 e. The fraction of sp³-hybridized carbons (Fsp3) is 1.00. The average molecular weight is 401 g/mol. The summed E-state index contributed by atoms with van der Waals surface area (Å²) < 4.78 is 184. The van der Waals surface area contributed by atoms with Crippen LogP contribution < -0.4 is 5.32 Å². The predicted octanol–water partition coefficient (Wildman–Crippen LogP) is 3.81. The summed E-state index contributed by atoms with van der Waals surface area (Å²) in [6, 6.07) is -7.33. The lowest BCUT2D eigenvalue weighted by Gasteiger charge is -2.40. The van der Waals surface area contributed by atoms with Crippen LogP contribution in [0.3, 0.4) is 0 Å². The molecule has 2 nitrogen and oxygen atoms in total. The van der Waals surface area contributed by atoms with Gasteiger partial charge in [-0.15, -0.1) is 0 Å². The van der Waals surface area contributed by atoms with Crippen molar-refractivity contribution in [2.45, 2.75) is 42.1 Å². The van der Waals surface area contributed by atoms with E-state index in [1.54, 1.807) is 0 Å². The zero-order chi connectivity index (χ0) is 20.2. The highest BCUT2D eigenvalue weighted by Crippen LogP contribution is 2.59. The van der Waals surface area contributed by atoms with Gasteiger partial charge in [0.25, 0.3) is 0 Å².